The van der Waals surface area contributed by atoms with Crippen molar-refractivity contribution in [3.05, 3.63) is 0 Å². The predicted octanol–water partition coefficient (Wildman–Crippen LogP) is 6.17. The molecule has 0 aliphatic rings. The Morgan fingerprint density at radius 2 is 1.12 bits per heavy atom. The second-order valence-electron chi connectivity index (χ2n) is 6.72. The highest BCUT2D eigenvalue weighted by atomic mass is 32.2. The molecule has 0 atom stereocenters. The Morgan fingerprint density at radius 1 is 0.667 bits per heavy atom. The van der Waals surface area contributed by atoms with Gasteiger partial charge in [-0.05, 0) is 19.3 Å². The van der Waals surface area contributed by atoms with Crippen LogP contribution in [0.1, 0.15) is 103 Å². The summed E-state index contributed by atoms with van der Waals surface area (Å²) in [6.45, 7) is 2.23. The molecular formula is C19H39FO3S. The summed E-state index contributed by atoms with van der Waals surface area (Å²) in [6.07, 6.45) is 16.3. The van der Waals surface area contributed by atoms with Crippen LogP contribution in [0.5, 0.6) is 0 Å². The molecule has 0 aliphatic heterocycles. The van der Waals surface area contributed by atoms with Crippen LogP contribution in [-0.2, 0) is 14.3 Å². The molecule has 0 bridgehead atoms. The molecule has 3 nitrogen and oxygen atoms in total. The molecule has 0 aliphatic carbocycles. The van der Waals surface area contributed by atoms with Crippen molar-refractivity contribution in [2.45, 2.75) is 103 Å². The molecule has 0 aromatic rings. The zero-order chi connectivity index (χ0) is 17.9. The average Bonchev–Trinajstić information content (AvgIpc) is 2.55. The Hall–Kier alpha value is -0.160. The molecular weight excluding hydrogens is 327 g/mol. The summed E-state index contributed by atoms with van der Waals surface area (Å²) >= 11 is 0. The number of hydrogen-bond acceptors (Lipinski definition) is 3. The van der Waals surface area contributed by atoms with Crippen molar-refractivity contribution in [1.29, 1.82) is 0 Å². The summed E-state index contributed by atoms with van der Waals surface area (Å²) in [5.74, 6) is 0.0668. The first-order valence-electron chi connectivity index (χ1n) is 10.1. The van der Waals surface area contributed by atoms with Crippen molar-refractivity contribution in [3.63, 3.8) is 0 Å². The maximum Gasteiger partial charge on any atom is 0.267 e. The zero-order valence-electron chi connectivity index (χ0n) is 15.7. The van der Waals surface area contributed by atoms with Gasteiger partial charge in [-0.3, -0.25) is 8.57 Å². The lowest BCUT2D eigenvalue weighted by molar-refractivity contribution is 0.305. The van der Waals surface area contributed by atoms with Crippen LogP contribution in [0.2, 0.25) is 0 Å². The first-order chi connectivity index (χ1) is 11.6. The van der Waals surface area contributed by atoms with Gasteiger partial charge >= 0.3 is 0 Å². The van der Waals surface area contributed by atoms with Crippen LogP contribution in [0.3, 0.4) is 0 Å². The van der Waals surface area contributed by atoms with Crippen molar-refractivity contribution in [1.82, 2.24) is 0 Å². The molecule has 0 heterocycles. The van der Waals surface area contributed by atoms with Crippen molar-refractivity contribution in [3.8, 4) is 0 Å². The Morgan fingerprint density at radius 3 is 1.67 bits per heavy atom. The van der Waals surface area contributed by atoms with E-state index in [-0.39, 0.29) is 12.4 Å². The summed E-state index contributed by atoms with van der Waals surface area (Å²) < 4.78 is 40.2. The summed E-state index contributed by atoms with van der Waals surface area (Å²) in [4.78, 5) is 0. The van der Waals surface area contributed by atoms with Crippen LogP contribution in [0.15, 0.2) is 0 Å². The number of rotatable bonds is 19. The SMILES string of the molecule is CCCCCCCCCCCCCOS(=O)(=O)CCCCCCF. The van der Waals surface area contributed by atoms with Gasteiger partial charge in [0.25, 0.3) is 10.1 Å². The largest absolute Gasteiger partial charge is 0.270 e. The van der Waals surface area contributed by atoms with E-state index in [1.165, 1.54) is 57.8 Å². The van der Waals surface area contributed by atoms with Crippen molar-refractivity contribution in [2.24, 2.45) is 0 Å². The monoisotopic (exact) mass is 366 g/mol. The van der Waals surface area contributed by atoms with Crippen molar-refractivity contribution < 1.29 is 17.0 Å². The highest BCUT2D eigenvalue weighted by molar-refractivity contribution is 7.86. The minimum absolute atomic E-state index is 0.0668. The van der Waals surface area contributed by atoms with Gasteiger partial charge < -0.3 is 0 Å². The van der Waals surface area contributed by atoms with Crippen LogP contribution >= 0.6 is 0 Å². The van der Waals surface area contributed by atoms with Gasteiger partial charge in [0.15, 0.2) is 0 Å². The minimum atomic E-state index is -3.38. The van der Waals surface area contributed by atoms with E-state index in [2.05, 4.69) is 6.92 Å². The second kappa shape index (κ2) is 17.7. The Bertz CT molecular complexity index is 345. The third-order valence-corrected chi connectivity index (χ3v) is 5.60. The fourth-order valence-electron chi connectivity index (χ4n) is 2.74. The predicted molar refractivity (Wildman–Crippen MR) is 101 cm³/mol. The van der Waals surface area contributed by atoms with E-state index in [0.29, 0.717) is 19.4 Å². The molecule has 0 radical (unpaired) electrons. The first kappa shape index (κ1) is 23.8. The highest BCUT2D eigenvalue weighted by Gasteiger charge is 2.10. The van der Waals surface area contributed by atoms with Gasteiger partial charge in [-0.2, -0.15) is 8.42 Å². The summed E-state index contributed by atoms with van der Waals surface area (Å²) in [6, 6.07) is 0. The quantitative estimate of drug-likeness (QED) is 0.203. The fraction of sp³-hybridized carbons (Fsp3) is 1.00. The number of halogens is 1. The third-order valence-electron chi connectivity index (χ3n) is 4.29. The van der Waals surface area contributed by atoms with Crippen molar-refractivity contribution >= 4 is 10.1 Å². The standard InChI is InChI=1S/C19H39FO3S/c1-2-3-4-5-6-7-8-9-10-12-15-18-23-24(21,22)19-16-13-11-14-17-20/h2-19H2,1H3. The summed E-state index contributed by atoms with van der Waals surface area (Å²) in [7, 11) is -3.38. The maximum atomic E-state index is 11.9. The van der Waals surface area contributed by atoms with Gasteiger partial charge in [0.05, 0.1) is 19.0 Å². The smallest absolute Gasteiger partial charge is 0.267 e. The fourth-order valence-corrected chi connectivity index (χ4v) is 3.79. The molecule has 146 valence electrons. The third kappa shape index (κ3) is 18.2. The molecule has 24 heavy (non-hydrogen) atoms. The van der Waals surface area contributed by atoms with Gasteiger partial charge in [0.1, 0.15) is 0 Å². The topological polar surface area (TPSA) is 43.4 Å². The van der Waals surface area contributed by atoms with Gasteiger partial charge in [-0.25, -0.2) is 0 Å². The van der Waals surface area contributed by atoms with Gasteiger partial charge in [-0.1, -0.05) is 84.0 Å². The van der Waals surface area contributed by atoms with Crippen LogP contribution < -0.4 is 0 Å². The lowest BCUT2D eigenvalue weighted by atomic mass is 10.1. The average molecular weight is 367 g/mol. The summed E-state index contributed by atoms with van der Waals surface area (Å²) in [5, 5.41) is 0. The second-order valence-corrected chi connectivity index (χ2v) is 8.48. The van der Waals surface area contributed by atoms with Crippen LogP contribution in [0.4, 0.5) is 4.39 Å². The van der Waals surface area contributed by atoms with Crippen molar-refractivity contribution in [2.75, 3.05) is 19.0 Å². The van der Waals surface area contributed by atoms with E-state index in [4.69, 9.17) is 4.18 Å². The lowest BCUT2D eigenvalue weighted by Gasteiger charge is -2.06. The molecule has 0 rings (SSSR count). The summed E-state index contributed by atoms with van der Waals surface area (Å²) in [5.41, 5.74) is 0. The lowest BCUT2D eigenvalue weighted by Crippen LogP contribution is -2.11. The van der Waals surface area contributed by atoms with Crippen LogP contribution in [0, 0.1) is 0 Å². The van der Waals surface area contributed by atoms with E-state index >= 15 is 0 Å². The van der Waals surface area contributed by atoms with E-state index in [0.717, 1.165) is 25.7 Å². The van der Waals surface area contributed by atoms with E-state index in [9.17, 15) is 12.8 Å². The minimum Gasteiger partial charge on any atom is -0.270 e. The highest BCUT2D eigenvalue weighted by Crippen LogP contribution is 2.12. The van der Waals surface area contributed by atoms with E-state index < -0.39 is 10.1 Å². The Kier molecular flexibility index (Phi) is 17.5. The molecule has 0 N–H and O–H groups in total. The molecule has 5 heteroatoms. The molecule has 0 aromatic carbocycles. The van der Waals surface area contributed by atoms with E-state index in [1.807, 2.05) is 0 Å². The number of alkyl halides is 1. The molecule has 0 saturated carbocycles. The van der Waals surface area contributed by atoms with Crippen LogP contribution in [0.25, 0.3) is 0 Å². The molecule has 0 spiro atoms. The normalized spacial score (nSPS) is 11.9. The molecule has 0 saturated heterocycles. The zero-order valence-corrected chi connectivity index (χ0v) is 16.6. The van der Waals surface area contributed by atoms with Gasteiger partial charge in [0, 0.05) is 0 Å². The van der Waals surface area contributed by atoms with Gasteiger partial charge in [-0.15, -0.1) is 0 Å². The van der Waals surface area contributed by atoms with Gasteiger partial charge in [0.2, 0.25) is 0 Å². The molecule has 0 amide bonds. The van der Waals surface area contributed by atoms with Crippen LogP contribution in [-0.4, -0.2) is 27.5 Å². The Labute approximate surface area is 149 Å². The number of unbranched alkanes of at least 4 members (excludes halogenated alkanes) is 13. The molecule has 0 fully saturated rings. The van der Waals surface area contributed by atoms with E-state index in [1.54, 1.807) is 0 Å². The maximum absolute atomic E-state index is 11.9. The Balaban J connectivity index is 3.30. The first-order valence-corrected chi connectivity index (χ1v) is 11.6. The molecule has 0 unspecified atom stereocenters. The number of hydrogen-bond donors (Lipinski definition) is 0. The molecule has 0 aromatic heterocycles.